The number of ether oxygens (including phenoxy) is 1. The van der Waals surface area contributed by atoms with Crippen molar-refractivity contribution in [2.45, 2.75) is 39.8 Å². The third kappa shape index (κ3) is 3.84. The molecule has 1 N–H and O–H groups in total. The predicted molar refractivity (Wildman–Crippen MR) is 79.0 cm³/mol. The molecule has 20 heavy (non-hydrogen) atoms. The summed E-state index contributed by atoms with van der Waals surface area (Å²) in [7, 11) is 0. The number of aromatic nitrogens is 2. The molecule has 2 aromatic rings. The Morgan fingerprint density at radius 2 is 2.10 bits per heavy atom. The lowest BCUT2D eigenvalue weighted by molar-refractivity contribution is 0.0887. The number of hydrogen-bond acceptors (Lipinski definition) is 3. The quantitative estimate of drug-likeness (QED) is 0.880. The first-order valence-corrected chi connectivity index (χ1v) is 6.99. The van der Waals surface area contributed by atoms with Crippen molar-refractivity contribution in [3.05, 3.63) is 47.3 Å². The van der Waals surface area contributed by atoms with Crippen LogP contribution in [0.3, 0.4) is 0 Å². The van der Waals surface area contributed by atoms with Gasteiger partial charge < -0.3 is 9.84 Å². The van der Waals surface area contributed by atoms with E-state index < -0.39 is 6.10 Å². The average molecular weight is 274 g/mol. The van der Waals surface area contributed by atoms with Crippen molar-refractivity contribution in [2.24, 2.45) is 0 Å². The molecule has 0 aliphatic carbocycles. The maximum absolute atomic E-state index is 10.0. The molecule has 1 heterocycles. The Balaban J connectivity index is 1.88. The van der Waals surface area contributed by atoms with Gasteiger partial charge in [0.25, 0.3) is 0 Å². The molecule has 4 heteroatoms. The van der Waals surface area contributed by atoms with Gasteiger partial charge in [0.2, 0.25) is 0 Å². The van der Waals surface area contributed by atoms with Gasteiger partial charge in [-0.05, 0) is 44.0 Å². The van der Waals surface area contributed by atoms with Crippen LogP contribution in [0.15, 0.2) is 30.3 Å². The highest BCUT2D eigenvalue weighted by molar-refractivity contribution is 5.28. The van der Waals surface area contributed by atoms with Crippen molar-refractivity contribution in [1.82, 2.24) is 9.78 Å². The Kier molecular flexibility index (Phi) is 4.79. The number of benzene rings is 1. The summed E-state index contributed by atoms with van der Waals surface area (Å²) in [4.78, 5) is 0. The van der Waals surface area contributed by atoms with Crippen molar-refractivity contribution in [2.75, 3.05) is 6.61 Å². The Bertz CT molecular complexity index is 563. The number of aliphatic hydroxyl groups excluding tert-OH is 1. The van der Waals surface area contributed by atoms with E-state index >= 15 is 0 Å². The van der Waals surface area contributed by atoms with E-state index in [0.29, 0.717) is 6.54 Å². The molecular formula is C16H22N2O2. The highest BCUT2D eigenvalue weighted by Crippen LogP contribution is 2.14. The molecule has 4 nitrogen and oxygen atoms in total. The monoisotopic (exact) mass is 274 g/mol. The van der Waals surface area contributed by atoms with E-state index in [1.54, 1.807) is 0 Å². The zero-order valence-corrected chi connectivity index (χ0v) is 12.3. The molecule has 0 bridgehead atoms. The van der Waals surface area contributed by atoms with E-state index in [2.05, 4.69) is 18.1 Å². The molecule has 2 rings (SSSR count). The predicted octanol–water partition coefficient (Wildman–Crippen LogP) is 2.50. The average Bonchev–Trinajstić information content (AvgIpc) is 2.75. The Labute approximate surface area is 120 Å². The molecule has 1 aromatic heterocycles. The van der Waals surface area contributed by atoms with Crippen LogP contribution in [0.1, 0.15) is 23.9 Å². The first kappa shape index (κ1) is 14.6. The first-order chi connectivity index (χ1) is 9.58. The van der Waals surface area contributed by atoms with Gasteiger partial charge in [0, 0.05) is 5.69 Å². The zero-order chi connectivity index (χ0) is 14.5. The van der Waals surface area contributed by atoms with Gasteiger partial charge in [0.05, 0.1) is 12.2 Å². The van der Waals surface area contributed by atoms with E-state index in [9.17, 15) is 5.11 Å². The van der Waals surface area contributed by atoms with E-state index in [-0.39, 0.29) is 6.61 Å². The highest BCUT2D eigenvalue weighted by atomic mass is 16.5. The smallest absolute Gasteiger partial charge is 0.119 e. The van der Waals surface area contributed by atoms with Crippen LogP contribution >= 0.6 is 0 Å². The molecule has 1 aromatic carbocycles. The first-order valence-electron chi connectivity index (χ1n) is 6.99. The molecule has 1 atom stereocenters. The fourth-order valence-electron chi connectivity index (χ4n) is 2.16. The third-order valence-electron chi connectivity index (χ3n) is 3.24. The van der Waals surface area contributed by atoms with E-state index in [4.69, 9.17) is 4.74 Å². The summed E-state index contributed by atoms with van der Waals surface area (Å²) in [5.41, 5.74) is 3.25. The highest BCUT2D eigenvalue weighted by Gasteiger charge is 2.09. The van der Waals surface area contributed by atoms with Crippen LogP contribution in [-0.2, 0) is 13.0 Å². The molecule has 0 aliphatic rings. The summed E-state index contributed by atoms with van der Waals surface area (Å²) in [6, 6.07) is 9.96. The van der Waals surface area contributed by atoms with Crippen LogP contribution in [0.2, 0.25) is 0 Å². The Morgan fingerprint density at radius 1 is 1.30 bits per heavy atom. The van der Waals surface area contributed by atoms with Crippen molar-refractivity contribution in [1.29, 1.82) is 0 Å². The van der Waals surface area contributed by atoms with Crippen molar-refractivity contribution < 1.29 is 9.84 Å². The number of rotatable bonds is 6. The lowest BCUT2D eigenvalue weighted by Gasteiger charge is -2.14. The topological polar surface area (TPSA) is 47.3 Å². The van der Waals surface area contributed by atoms with Gasteiger partial charge in [-0.1, -0.05) is 19.1 Å². The van der Waals surface area contributed by atoms with Crippen LogP contribution in [0.4, 0.5) is 0 Å². The van der Waals surface area contributed by atoms with Gasteiger partial charge in [-0.15, -0.1) is 0 Å². The molecule has 0 saturated carbocycles. The molecule has 1 unspecified atom stereocenters. The summed E-state index contributed by atoms with van der Waals surface area (Å²) < 4.78 is 7.45. The molecule has 108 valence electrons. The molecule has 0 fully saturated rings. The molecule has 0 radical (unpaired) electrons. The van der Waals surface area contributed by atoms with Crippen LogP contribution in [-0.4, -0.2) is 27.6 Å². The molecular weight excluding hydrogens is 252 g/mol. The maximum Gasteiger partial charge on any atom is 0.119 e. The maximum atomic E-state index is 10.0. The lowest BCUT2D eigenvalue weighted by atomic mass is 10.2. The zero-order valence-electron chi connectivity index (χ0n) is 12.3. The lowest BCUT2D eigenvalue weighted by Crippen LogP contribution is -2.24. The van der Waals surface area contributed by atoms with Crippen LogP contribution in [0.25, 0.3) is 0 Å². The second kappa shape index (κ2) is 6.57. The molecule has 0 amide bonds. The Hall–Kier alpha value is -1.81. The van der Waals surface area contributed by atoms with Crippen LogP contribution in [0, 0.1) is 13.8 Å². The number of aliphatic hydroxyl groups is 1. The third-order valence-corrected chi connectivity index (χ3v) is 3.24. The van der Waals surface area contributed by atoms with E-state index in [0.717, 1.165) is 23.6 Å². The van der Waals surface area contributed by atoms with Gasteiger partial charge in [0.15, 0.2) is 0 Å². The van der Waals surface area contributed by atoms with Gasteiger partial charge in [0.1, 0.15) is 18.5 Å². The van der Waals surface area contributed by atoms with Crippen molar-refractivity contribution in [3.63, 3.8) is 0 Å². The summed E-state index contributed by atoms with van der Waals surface area (Å²) in [5.74, 6) is 0.803. The van der Waals surface area contributed by atoms with Gasteiger partial charge in [-0.3, -0.25) is 4.68 Å². The second-order valence-electron chi connectivity index (χ2n) is 5.07. The van der Waals surface area contributed by atoms with Gasteiger partial charge in [-0.25, -0.2) is 0 Å². The normalized spacial score (nSPS) is 12.4. The van der Waals surface area contributed by atoms with E-state index in [1.807, 2.05) is 42.8 Å². The fourth-order valence-corrected chi connectivity index (χ4v) is 2.16. The summed E-state index contributed by atoms with van der Waals surface area (Å²) >= 11 is 0. The largest absolute Gasteiger partial charge is 0.491 e. The summed E-state index contributed by atoms with van der Waals surface area (Å²) in [6.45, 7) is 6.76. The minimum absolute atomic E-state index is 0.269. The van der Waals surface area contributed by atoms with Gasteiger partial charge in [-0.2, -0.15) is 5.10 Å². The molecule has 0 aliphatic heterocycles. The summed E-state index contributed by atoms with van der Waals surface area (Å²) in [5, 5.41) is 14.4. The minimum atomic E-state index is -0.571. The minimum Gasteiger partial charge on any atom is -0.491 e. The number of nitrogens with zero attached hydrogens (tertiary/aromatic N) is 2. The van der Waals surface area contributed by atoms with Gasteiger partial charge >= 0.3 is 0 Å². The van der Waals surface area contributed by atoms with Crippen molar-refractivity contribution in [3.8, 4) is 5.75 Å². The number of aryl methyl sites for hydroxylation is 3. The Morgan fingerprint density at radius 3 is 2.75 bits per heavy atom. The second-order valence-corrected chi connectivity index (χ2v) is 5.07. The fraction of sp³-hybridized carbons (Fsp3) is 0.438. The SMILES string of the molecule is CCc1cccc(OCC(O)Cn2nc(C)cc2C)c1. The molecule has 0 spiro atoms. The van der Waals surface area contributed by atoms with Crippen molar-refractivity contribution >= 4 is 0 Å². The van der Waals surface area contributed by atoms with E-state index in [1.165, 1.54) is 5.56 Å². The molecule has 0 saturated heterocycles. The summed E-state index contributed by atoms with van der Waals surface area (Å²) in [6.07, 6.45) is 0.407. The number of hydrogen-bond donors (Lipinski definition) is 1. The van der Waals surface area contributed by atoms with Crippen LogP contribution < -0.4 is 4.74 Å². The van der Waals surface area contributed by atoms with Crippen LogP contribution in [0.5, 0.6) is 5.75 Å². The standard InChI is InChI=1S/C16H22N2O2/c1-4-14-6-5-7-16(9-14)20-11-15(19)10-18-13(3)8-12(2)17-18/h5-9,15,19H,4,10-11H2,1-3H3.